The molecule has 0 radical (unpaired) electrons. The second-order valence-electron chi connectivity index (χ2n) is 8.35. The third-order valence-electron chi connectivity index (χ3n) is 5.74. The van der Waals surface area contributed by atoms with Crippen LogP contribution in [0.15, 0.2) is 108 Å². The van der Waals surface area contributed by atoms with Gasteiger partial charge in [0.15, 0.2) is 5.60 Å². The Kier molecular flexibility index (Phi) is 8.02. The van der Waals surface area contributed by atoms with Crippen LogP contribution >= 0.6 is 0 Å². The van der Waals surface area contributed by atoms with Crippen molar-refractivity contribution in [2.45, 2.75) is 5.60 Å². The summed E-state index contributed by atoms with van der Waals surface area (Å²) in [6.07, 6.45) is 1.31. The molecule has 2 N–H and O–H groups in total. The van der Waals surface area contributed by atoms with Crippen LogP contribution in [0.3, 0.4) is 0 Å². The molecule has 0 fully saturated rings. The Morgan fingerprint density at radius 2 is 1.30 bits per heavy atom. The Hall–Kier alpha value is -5.75. The Morgan fingerprint density at radius 3 is 1.77 bits per heavy atom. The van der Waals surface area contributed by atoms with Crippen molar-refractivity contribution in [2.75, 3.05) is 0 Å². The normalized spacial score (nSPS) is 11.1. The summed E-state index contributed by atoms with van der Waals surface area (Å²) >= 11 is 0. The molecule has 40 heavy (non-hydrogen) atoms. The van der Waals surface area contributed by atoms with Crippen LogP contribution < -0.4 is 10.2 Å². The number of aliphatic hydroxyl groups is 1. The Morgan fingerprint density at radius 1 is 0.800 bits per heavy atom. The van der Waals surface area contributed by atoms with Gasteiger partial charge >= 0.3 is 5.97 Å². The molecule has 12 nitrogen and oxygen atoms in total. The second kappa shape index (κ2) is 11.8. The molecule has 0 atom stereocenters. The van der Waals surface area contributed by atoms with E-state index in [1.807, 2.05) is 0 Å². The van der Waals surface area contributed by atoms with Crippen LogP contribution in [0.4, 0.5) is 11.4 Å². The first-order valence-electron chi connectivity index (χ1n) is 11.6. The number of benzene rings is 4. The number of nitrogens with one attached hydrogen (secondary N) is 1. The fraction of sp³-hybridized carbons (Fsp3) is 0.0357. The SMILES string of the molecule is O=C(Oc1ccc(/C=N/NC(=O)C(O)(c2ccccc2)c2ccccc2)cc1)c1cc([N+](=O)[O-])cc([N+](=O)[O-])c1. The monoisotopic (exact) mass is 540 g/mol. The van der Waals surface area contributed by atoms with Gasteiger partial charge in [0.05, 0.1) is 27.7 Å². The number of non-ortho nitro benzene ring substituents is 2. The lowest BCUT2D eigenvalue weighted by atomic mass is 9.85. The van der Waals surface area contributed by atoms with E-state index >= 15 is 0 Å². The fourth-order valence-electron chi connectivity index (χ4n) is 3.75. The van der Waals surface area contributed by atoms with Crippen LogP contribution in [0, 0.1) is 20.2 Å². The molecule has 0 spiro atoms. The number of hydrogen-bond donors (Lipinski definition) is 2. The second-order valence-corrected chi connectivity index (χ2v) is 8.35. The number of carbonyl (C=O) groups excluding carboxylic acids is 2. The van der Waals surface area contributed by atoms with E-state index in [2.05, 4.69) is 10.5 Å². The summed E-state index contributed by atoms with van der Waals surface area (Å²) < 4.78 is 5.18. The standard InChI is InChI=1S/C28H20N4O8/c33-26(20-15-23(31(36)37)17-24(16-20)32(38)39)40-25-13-11-19(12-14-25)18-29-30-27(34)28(35,21-7-3-1-4-8-21)22-9-5-2-6-10-22/h1-18,35H,(H,30,34)/b29-18+. The average molecular weight is 540 g/mol. The summed E-state index contributed by atoms with van der Waals surface area (Å²) in [5.74, 6) is -1.75. The number of rotatable bonds is 9. The largest absolute Gasteiger partial charge is 0.423 e. The molecule has 4 aromatic rings. The Labute approximate surface area is 226 Å². The third-order valence-corrected chi connectivity index (χ3v) is 5.74. The molecule has 0 aliphatic carbocycles. The van der Waals surface area contributed by atoms with E-state index in [0.717, 1.165) is 18.2 Å². The average Bonchev–Trinajstić information content (AvgIpc) is 2.98. The number of hydrogen-bond acceptors (Lipinski definition) is 9. The molecule has 0 aliphatic rings. The van der Waals surface area contributed by atoms with Gasteiger partial charge in [-0.2, -0.15) is 5.10 Å². The smallest absolute Gasteiger partial charge is 0.344 e. The maximum Gasteiger partial charge on any atom is 0.344 e. The first kappa shape index (κ1) is 27.3. The predicted molar refractivity (Wildman–Crippen MR) is 143 cm³/mol. The number of nitro groups is 2. The summed E-state index contributed by atoms with van der Waals surface area (Å²) in [6.45, 7) is 0. The van der Waals surface area contributed by atoms with E-state index in [9.17, 15) is 34.9 Å². The number of esters is 1. The molecule has 0 unspecified atom stereocenters. The van der Waals surface area contributed by atoms with Gasteiger partial charge < -0.3 is 9.84 Å². The van der Waals surface area contributed by atoms with Crippen molar-refractivity contribution in [3.05, 3.63) is 146 Å². The maximum absolute atomic E-state index is 13.1. The number of carbonyl (C=O) groups is 2. The molecule has 0 bridgehead atoms. The zero-order valence-corrected chi connectivity index (χ0v) is 20.5. The van der Waals surface area contributed by atoms with Crippen LogP contribution in [0.2, 0.25) is 0 Å². The summed E-state index contributed by atoms with van der Waals surface area (Å²) in [4.78, 5) is 45.9. The molecular weight excluding hydrogens is 520 g/mol. The van der Waals surface area contributed by atoms with Crippen molar-refractivity contribution in [2.24, 2.45) is 5.10 Å². The minimum atomic E-state index is -2.00. The highest BCUT2D eigenvalue weighted by Crippen LogP contribution is 2.30. The third kappa shape index (κ3) is 6.03. The molecule has 1 amide bonds. The van der Waals surface area contributed by atoms with E-state index in [0.29, 0.717) is 16.7 Å². The van der Waals surface area contributed by atoms with Gasteiger partial charge in [-0.3, -0.25) is 25.0 Å². The lowest BCUT2D eigenvalue weighted by molar-refractivity contribution is -0.394. The molecule has 0 heterocycles. The number of hydrazone groups is 1. The van der Waals surface area contributed by atoms with Crippen LogP contribution in [0.25, 0.3) is 0 Å². The minimum Gasteiger partial charge on any atom is -0.423 e. The van der Waals surface area contributed by atoms with Gasteiger partial charge in [-0.25, -0.2) is 10.2 Å². The van der Waals surface area contributed by atoms with Crippen molar-refractivity contribution in [1.29, 1.82) is 0 Å². The first-order valence-corrected chi connectivity index (χ1v) is 11.6. The Balaban J connectivity index is 1.46. The molecule has 200 valence electrons. The quantitative estimate of drug-likeness (QED) is 0.105. The molecular formula is C28H20N4O8. The van der Waals surface area contributed by atoms with Crippen molar-refractivity contribution in [3.8, 4) is 5.75 Å². The lowest BCUT2D eigenvalue weighted by Crippen LogP contribution is -2.43. The first-order chi connectivity index (χ1) is 19.2. The number of amides is 1. The Bertz CT molecular complexity index is 1520. The van der Waals surface area contributed by atoms with Crippen LogP contribution in [0.1, 0.15) is 27.0 Å². The highest BCUT2D eigenvalue weighted by molar-refractivity contribution is 5.93. The number of ether oxygens (including phenoxy) is 1. The van der Waals surface area contributed by atoms with Gasteiger partial charge in [-0.1, -0.05) is 60.7 Å². The van der Waals surface area contributed by atoms with Gasteiger partial charge in [0.25, 0.3) is 17.3 Å². The van der Waals surface area contributed by atoms with Crippen LogP contribution in [0.5, 0.6) is 5.75 Å². The van der Waals surface area contributed by atoms with Crippen molar-refractivity contribution >= 4 is 29.5 Å². The van der Waals surface area contributed by atoms with E-state index in [1.165, 1.54) is 30.5 Å². The van der Waals surface area contributed by atoms with Crippen LogP contribution in [-0.4, -0.2) is 33.0 Å². The summed E-state index contributed by atoms with van der Waals surface area (Å²) in [5.41, 5.74) is -0.0540. The van der Waals surface area contributed by atoms with E-state index in [-0.39, 0.29) is 11.3 Å². The van der Waals surface area contributed by atoms with Crippen molar-refractivity contribution in [3.63, 3.8) is 0 Å². The van der Waals surface area contributed by atoms with Crippen molar-refractivity contribution in [1.82, 2.24) is 5.43 Å². The van der Waals surface area contributed by atoms with Gasteiger partial charge in [0.2, 0.25) is 0 Å². The number of nitro benzene ring substituents is 2. The molecule has 12 heteroatoms. The highest BCUT2D eigenvalue weighted by atomic mass is 16.6. The zero-order chi connectivity index (χ0) is 28.7. The highest BCUT2D eigenvalue weighted by Gasteiger charge is 2.39. The van der Waals surface area contributed by atoms with Gasteiger partial charge in [-0.15, -0.1) is 0 Å². The van der Waals surface area contributed by atoms with Gasteiger partial charge in [-0.05, 0) is 41.0 Å². The van der Waals surface area contributed by atoms with E-state index in [4.69, 9.17) is 4.74 Å². The minimum absolute atomic E-state index is 0.0582. The van der Waals surface area contributed by atoms with Gasteiger partial charge in [0.1, 0.15) is 5.75 Å². The van der Waals surface area contributed by atoms with Crippen molar-refractivity contribution < 1.29 is 29.3 Å². The summed E-state index contributed by atoms with van der Waals surface area (Å²) in [5, 5.41) is 37.5. The molecule has 4 rings (SSSR count). The fourth-order valence-corrected chi connectivity index (χ4v) is 3.75. The zero-order valence-electron chi connectivity index (χ0n) is 20.5. The summed E-state index contributed by atoms with van der Waals surface area (Å²) in [7, 11) is 0. The summed E-state index contributed by atoms with van der Waals surface area (Å²) in [6, 6.07) is 25.2. The topological polar surface area (TPSA) is 174 Å². The number of nitrogens with zero attached hydrogens (tertiary/aromatic N) is 3. The van der Waals surface area contributed by atoms with Gasteiger partial charge in [0, 0.05) is 12.1 Å². The lowest BCUT2D eigenvalue weighted by Gasteiger charge is -2.27. The van der Waals surface area contributed by atoms with Crippen LogP contribution in [-0.2, 0) is 10.4 Å². The van der Waals surface area contributed by atoms with E-state index < -0.39 is 38.7 Å². The predicted octanol–water partition coefficient (Wildman–Crippen LogP) is 4.11. The maximum atomic E-state index is 13.1. The molecule has 4 aromatic carbocycles. The molecule has 0 saturated heterocycles. The molecule has 0 saturated carbocycles. The van der Waals surface area contributed by atoms with E-state index in [1.54, 1.807) is 60.7 Å². The molecule has 0 aliphatic heterocycles. The molecule has 0 aromatic heterocycles.